The summed E-state index contributed by atoms with van der Waals surface area (Å²) in [6, 6.07) is 14.0. The van der Waals surface area contributed by atoms with Crippen molar-refractivity contribution in [3.8, 4) is 5.75 Å². The standard InChI is InChI=1S/C18H17NO4/c1-2-15-17(20)19(14-8-3-4-9-16(14)23-15)11-12-6-5-7-13(10-12)18(21)22/h3-10,15H,2,11H2,1H3,(H,21,22). The SMILES string of the molecule is CCC1Oc2ccccc2N(Cc2cccc(C(=O)O)c2)C1=O. The number of anilines is 1. The molecule has 0 saturated heterocycles. The van der Waals surface area contributed by atoms with Crippen LogP contribution in [0.25, 0.3) is 0 Å². The third-order valence-electron chi connectivity index (χ3n) is 3.85. The molecule has 0 radical (unpaired) electrons. The summed E-state index contributed by atoms with van der Waals surface area (Å²) in [6.07, 6.45) is 0.0753. The largest absolute Gasteiger partial charge is 0.478 e. The molecule has 0 fully saturated rings. The number of fused-ring (bicyclic) bond motifs is 1. The maximum atomic E-state index is 12.6. The van der Waals surface area contributed by atoms with Gasteiger partial charge in [-0.05, 0) is 36.2 Å². The fraction of sp³-hybridized carbons (Fsp3) is 0.222. The second-order valence-corrected chi connectivity index (χ2v) is 5.41. The van der Waals surface area contributed by atoms with Crippen LogP contribution in [0.5, 0.6) is 5.75 Å². The van der Waals surface area contributed by atoms with Crippen LogP contribution in [0, 0.1) is 0 Å². The van der Waals surface area contributed by atoms with Crippen LogP contribution in [-0.2, 0) is 11.3 Å². The van der Waals surface area contributed by atoms with Crippen molar-refractivity contribution in [3.63, 3.8) is 0 Å². The van der Waals surface area contributed by atoms with E-state index >= 15 is 0 Å². The zero-order valence-corrected chi connectivity index (χ0v) is 12.7. The molecule has 0 aliphatic carbocycles. The van der Waals surface area contributed by atoms with Gasteiger partial charge in [0, 0.05) is 0 Å². The van der Waals surface area contributed by atoms with Crippen LogP contribution in [-0.4, -0.2) is 23.1 Å². The number of amides is 1. The Balaban J connectivity index is 1.96. The van der Waals surface area contributed by atoms with E-state index < -0.39 is 12.1 Å². The average molecular weight is 311 g/mol. The minimum atomic E-state index is -0.980. The van der Waals surface area contributed by atoms with Crippen molar-refractivity contribution in [1.82, 2.24) is 0 Å². The van der Waals surface area contributed by atoms with Gasteiger partial charge in [-0.2, -0.15) is 0 Å². The molecule has 2 aromatic rings. The van der Waals surface area contributed by atoms with Crippen molar-refractivity contribution in [2.45, 2.75) is 26.0 Å². The highest BCUT2D eigenvalue weighted by Gasteiger charge is 2.33. The Bertz CT molecular complexity index is 756. The number of carboxylic acid groups (broad SMARTS) is 1. The molecule has 1 aliphatic heterocycles. The summed E-state index contributed by atoms with van der Waals surface area (Å²) in [5.41, 5.74) is 1.69. The Labute approximate surface area is 134 Å². The number of ether oxygens (including phenoxy) is 1. The highest BCUT2D eigenvalue weighted by atomic mass is 16.5. The number of rotatable bonds is 4. The van der Waals surface area contributed by atoms with E-state index in [-0.39, 0.29) is 11.5 Å². The normalized spacial score (nSPS) is 16.7. The number of benzene rings is 2. The minimum absolute atomic E-state index is 0.105. The Morgan fingerprint density at radius 3 is 2.74 bits per heavy atom. The van der Waals surface area contributed by atoms with Crippen molar-refractivity contribution in [2.24, 2.45) is 0 Å². The lowest BCUT2D eigenvalue weighted by atomic mass is 10.1. The maximum Gasteiger partial charge on any atom is 0.335 e. The Kier molecular flexibility index (Phi) is 4.02. The van der Waals surface area contributed by atoms with E-state index in [2.05, 4.69) is 0 Å². The van der Waals surface area contributed by atoms with Crippen LogP contribution < -0.4 is 9.64 Å². The first kappa shape index (κ1) is 15.1. The van der Waals surface area contributed by atoms with E-state index in [1.165, 1.54) is 6.07 Å². The van der Waals surface area contributed by atoms with Crippen LogP contribution in [0.3, 0.4) is 0 Å². The molecule has 1 amide bonds. The van der Waals surface area contributed by atoms with Gasteiger partial charge in [-0.3, -0.25) is 4.79 Å². The molecular formula is C18H17NO4. The molecule has 5 nitrogen and oxygen atoms in total. The van der Waals surface area contributed by atoms with E-state index in [1.54, 1.807) is 17.0 Å². The van der Waals surface area contributed by atoms with Gasteiger partial charge in [0.05, 0.1) is 17.8 Å². The first-order valence-corrected chi connectivity index (χ1v) is 7.49. The zero-order chi connectivity index (χ0) is 16.4. The first-order valence-electron chi connectivity index (χ1n) is 7.49. The van der Waals surface area contributed by atoms with Crippen molar-refractivity contribution in [3.05, 3.63) is 59.7 Å². The summed E-state index contributed by atoms with van der Waals surface area (Å²) in [7, 11) is 0. The first-order chi connectivity index (χ1) is 11.1. The number of hydrogen-bond donors (Lipinski definition) is 1. The Morgan fingerprint density at radius 1 is 1.22 bits per heavy atom. The second-order valence-electron chi connectivity index (χ2n) is 5.41. The van der Waals surface area contributed by atoms with Crippen LogP contribution in [0.2, 0.25) is 0 Å². The minimum Gasteiger partial charge on any atom is -0.478 e. The molecule has 1 N–H and O–H groups in total. The smallest absolute Gasteiger partial charge is 0.335 e. The number of nitrogens with zero attached hydrogens (tertiary/aromatic N) is 1. The van der Waals surface area contributed by atoms with Gasteiger partial charge in [-0.15, -0.1) is 0 Å². The highest BCUT2D eigenvalue weighted by molar-refractivity contribution is 6.00. The van der Waals surface area contributed by atoms with Gasteiger partial charge in [-0.1, -0.05) is 31.2 Å². The van der Waals surface area contributed by atoms with Crippen LogP contribution >= 0.6 is 0 Å². The molecule has 0 bridgehead atoms. The van der Waals surface area contributed by atoms with E-state index in [0.717, 1.165) is 5.56 Å². The fourth-order valence-electron chi connectivity index (χ4n) is 2.68. The molecule has 0 saturated carbocycles. The fourth-order valence-corrected chi connectivity index (χ4v) is 2.68. The molecule has 1 atom stereocenters. The van der Waals surface area contributed by atoms with Gasteiger partial charge in [0.25, 0.3) is 5.91 Å². The van der Waals surface area contributed by atoms with Crippen molar-refractivity contribution >= 4 is 17.6 Å². The summed E-state index contributed by atoms with van der Waals surface area (Å²) < 4.78 is 5.74. The monoisotopic (exact) mass is 311 g/mol. The molecule has 23 heavy (non-hydrogen) atoms. The quantitative estimate of drug-likeness (QED) is 0.942. The lowest BCUT2D eigenvalue weighted by molar-refractivity contribution is -0.126. The van der Waals surface area contributed by atoms with Gasteiger partial charge in [0.2, 0.25) is 0 Å². The molecule has 3 rings (SSSR count). The van der Waals surface area contributed by atoms with E-state index in [4.69, 9.17) is 9.84 Å². The van der Waals surface area contributed by atoms with Gasteiger partial charge in [-0.25, -0.2) is 4.79 Å². The molecule has 0 aromatic heterocycles. The second kappa shape index (κ2) is 6.12. The van der Waals surface area contributed by atoms with E-state index in [0.29, 0.717) is 24.4 Å². The predicted molar refractivity (Wildman–Crippen MR) is 85.7 cm³/mol. The topological polar surface area (TPSA) is 66.8 Å². The molecular weight excluding hydrogens is 294 g/mol. The highest BCUT2D eigenvalue weighted by Crippen LogP contribution is 2.35. The average Bonchev–Trinajstić information content (AvgIpc) is 2.57. The third kappa shape index (κ3) is 2.90. The van der Waals surface area contributed by atoms with Crippen LogP contribution in [0.1, 0.15) is 29.3 Å². The Hall–Kier alpha value is -2.82. The van der Waals surface area contributed by atoms with Crippen molar-refractivity contribution in [2.75, 3.05) is 4.90 Å². The van der Waals surface area contributed by atoms with Gasteiger partial charge >= 0.3 is 5.97 Å². The molecule has 0 spiro atoms. The van der Waals surface area contributed by atoms with Crippen molar-refractivity contribution < 1.29 is 19.4 Å². The van der Waals surface area contributed by atoms with Gasteiger partial charge < -0.3 is 14.7 Å². The summed E-state index contributed by atoms with van der Waals surface area (Å²) in [5, 5.41) is 9.10. The molecule has 118 valence electrons. The molecule has 1 heterocycles. The van der Waals surface area contributed by atoms with E-state index in [1.807, 2.05) is 37.3 Å². The molecule has 5 heteroatoms. The summed E-state index contributed by atoms with van der Waals surface area (Å²) in [4.78, 5) is 25.4. The number of hydrogen-bond acceptors (Lipinski definition) is 3. The zero-order valence-electron chi connectivity index (χ0n) is 12.7. The summed E-state index contributed by atoms with van der Waals surface area (Å²) >= 11 is 0. The number of aromatic carboxylic acids is 1. The molecule has 2 aromatic carbocycles. The van der Waals surface area contributed by atoms with Gasteiger partial charge in [0.15, 0.2) is 6.10 Å². The van der Waals surface area contributed by atoms with Crippen molar-refractivity contribution in [1.29, 1.82) is 0 Å². The van der Waals surface area contributed by atoms with Gasteiger partial charge in [0.1, 0.15) is 5.75 Å². The number of carbonyl (C=O) groups is 2. The number of carbonyl (C=O) groups excluding carboxylic acids is 1. The Morgan fingerprint density at radius 2 is 2.00 bits per heavy atom. The lowest BCUT2D eigenvalue weighted by Crippen LogP contribution is -2.45. The summed E-state index contributed by atoms with van der Waals surface area (Å²) in [6.45, 7) is 2.22. The molecule has 1 aliphatic rings. The number of carboxylic acids is 1. The van der Waals surface area contributed by atoms with E-state index in [9.17, 15) is 9.59 Å². The lowest BCUT2D eigenvalue weighted by Gasteiger charge is -2.34. The summed E-state index contributed by atoms with van der Waals surface area (Å²) in [5.74, 6) is -0.410. The number of para-hydroxylation sites is 2. The molecule has 1 unspecified atom stereocenters. The third-order valence-corrected chi connectivity index (χ3v) is 3.85. The predicted octanol–water partition coefficient (Wildman–Crippen LogP) is 3.09. The van der Waals surface area contributed by atoms with Crippen LogP contribution in [0.4, 0.5) is 5.69 Å². The van der Waals surface area contributed by atoms with Crippen LogP contribution in [0.15, 0.2) is 48.5 Å². The maximum absolute atomic E-state index is 12.6.